The van der Waals surface area contributed by atoms with Gasteiger partial charge in [-0.1, -0.05) is 36.4 Å². The Labute approximate surface area is 181 Å². The molecule has 2 atom stereocenters. The van der Waals surface area contributed by atoms with Crippen molar-refractivity contribution >= 4 is 23.4 Å². The molecule has 2 aromatic rings. The van der Waals surface area contributed by atoms with Gasteiger partial charge in [0.2, 0.25) is 11.8 Å². The van der Waals surface area contributed by atoms with E-state index in [0.717, 1.165) is 30.6 Å². The number of benzene rings is 2. The van der Waals surface area contributed by atoms with E-state index < -0.39 is 6.04 Å². The average Bonchev–Trinajstić information content (AvgIpc) is 3.33. The molecular formula is C24H26N4O3. The molecule has 0 spiro atoms. The predicted molar refractivity (Wildman–Crippen MR) is 116 cm³/mol. The maximum absolute atomic E-state index is 13.1. The van der Waals surface area contributed by atoms with Crippen LogP contribution in [0.4, 0.5) is 5.69 Å². The van der Waals surface area contributed by atoms with Crippen molar-refractivity contribution in [3.63, 3.8) is 0 Å². The summed E-state index contributed by atoms with van der Waals surface area (Å²) in [6.07, 6.45) is 1.67. The lowest BCUT2D eigenvalue weighted by molar-refractivity contribution is -0.136. The van der Waals surface area contributed by atoms with E-state index in [1.165, 1.54) is 11.3 Å². The van der Waals surface area contributed by atoms with Gasteiger partial charge in [-0.3, -0.25) is 19.7 Å². The third-order valence-electron chi connectivity index (χ3n) is 6.56. The smallest absolute Gasteiger partial charge is 0.255 e. The Morgan fingerprint density at radius 3 is 2.81 bits per heavy atom. The number of nitrogens with one attached hydrogen (secondary N) is 3. The summed E-state index contributed by atoms with van der Waals surface area (Å²) in [5.41, 5.74) is 5.21. The molecule has 7 nitrogen and oxygen atoms in total. The molecule has 160 valence electrons. The van der Waals surface area contributed by atoms with Crippen LogP contribution in [0.2, 0.25) is 0 Å². The number of rotatable bonds is 6. The summed E-state index contributed by atoms with van der Waals surface area (Å²) in [4.78, 5) is 38.5. The number of para-hydroxylation sites is 1. The summed E-state index contributed by atoms with van der Waals surface area (Å²) < 4.78 is 0. The fourth-order valence-electron chi connectivity index (χ4n) is 4.95. The van der Waals surface area contributed by atoms with Gasteiger partial charge in [-0.05, 0) is 42.1 Å². The molecule has 0 aliphatic carbocycles. The van der Waals surface area contributed by atoms with E-state index in [2.05, 4.69) is 40.2 Å². The minimum absolute atomic E-state index is 0.115. The van der Waals surface area contributed by atoms with Crippen molar-refractivity contribution in [2.45, 2.75) is 44.3 Å². The second-order valence-corrected chi connectivity index (χ2v) is 8.48. The lowest BCUT2D eigenvalue weighted by Gasteiger charge is -2.29. The molecule has 0 aromatic heterocycles. The summed E-state index contributed by atoms with van der Waals surface area (Å²) in [6.45, 7) is 2.84. The number of nitrogens with zero attached hydrogens (tertiary/aromatic N) is 1. The molecule has 2 aromatic carbocycles. The minimum atomic E-state index is -0.576. The minimum Gasteiger partial charge on any atom is -0.384 e. The number of carbonyl (C=O) groups excluding carboxylic acids is 3. The Balaban J connectivity index is 1.21. The average molecular weight is 418 g/mol. The summed E-state index contributed by atoms with van der Waals surface area (Å²) >= 11 is 0. The van der Waals surface area contributed by atoms with Crippen LogP contribution in [0.25, 0.3) is 0 Å². The summed E-state index contributed by atoms with van der Waals surface area (Å²) in [5, 5.41) is 9.31. The van der Waals surface area contributed by atoms with Crippen molar-refractivity contribution in [1.29, 1.82) is 0 Å². The highest BCUT2D eigenvalue weighted by atomic mass is 16.2. The Morgan fingerprint density at radius 1 is 1.06 bits per heavy atom. The van der Waals surface area contributed by atoms with Gasteiger partial charge in [0.15, 0.2) is 0 Å². The number of anilines is 1. The first-order valence-corrected chi connectivity index (χ1v) is 10.9. The zero-order chi connectivity index (χ0) is 21.4. The fraction of sp³-hybridized carbons (Fsp3) is 0.375. The summed E-state index contributed by atoms with van der Waals surface area (Å²) in [6, 6.07) is 13.8. The Morgan fingerprint density at radius 2 is 1.94 bits per heavy atom. The first-order chi connectivity index (χ1) is 15.1. The number of fused-ring (bicyclic) bond motifs is 2. The van der Waals surface area contributed by atoms with Gasteiger partial charge in [-0.25, -0.2) is 0 Å². The molecule has 31 heavy (non-hydrogen) atoms. The van der Waals surface area contributed by atoms with Crippen molar-refractivity contribution < 1.29 is 14.4 Å². The molecule has 0 saturated carbocycles. The number of hydrogen-bond donors (Lipinski definition) is 3. The van der Waals surface area contributed by atoms with Crippen LogP contribution in [0.5, 0.6) is 0 Å². The molecule has 7 heteroatoms. The van der Waals surface area contributed by atoms with Crippen LogP contribution < -0.4 is 16.0 Å². The zero-order valence-electron chi connectivity index (χ0n) is 17.3. The van der Waals surface area contributed by atoms with E-state index in [9.17, 15) is 14.4 Å². The van der Waals surface area contributed by atoms with Crippen molar-refractivity contribution in [2.24, 2.45) is 0 Å². The molecule has 3 aliphatic rings. The van der Waals surface area contributed by atoms with Crippen LogP contribution in [0.1, 0.15) is 52.2 Å². The van der Waals surface area contributed by atoms with Crippen molar-refractivity contribution in [3.05, 3.63) is 64.7 Å². The van der Waals surface area contributed by atoms with Gasteiger partial charge in [0.1, 0.15) is 6.04 Å². The lowest BCUT2D eigenvalue weighted by Crippen LogP contribution is -2.52. The molecule has 5 rings (SSSR count). The monoisotopic (exact) mass is 418 g/mol. The molecule has 3 heterocycles. The van der Waals surface area contributed by atoms with Crippen molar-refractivity contribution in [3.8, 4) is 0 Å². The maximum atomic E-state index is 13.1. The van der Waals surface area contributed by atoms with Crippen LogP contribution in [0, 0.1) is 0 Å². The van der Waals surface area contributed by atoms with Crippen molar-refractivity contribution in [1.82, 2.24) is 15.5 Å². The molecule has 3 amide bonds. The molecule has 0 radical (unpaired) electrons. The highest BCUT2D eigenvalue weighted by Gasteiger charge is 2.39. The molecule has 1 saturated heterocycles. The molecule has 2 unspecified atom stereocenters. The molecular weight excluding hydrogens is 392 g/mol. The van der Waals surface area contributed by atoms with Gasteiger partial charge in [-0.2, -0.15) is 0 Å². The quantitative estimate of drug-likeness (QED) is 0.494. The number of imide groups is 1. The Kier molecular flexibility index (Phi) is 5.19. The number of carbonyl (C=O) groups is 3. The second-order valence-electron chi connectivity index (χ2n) is 8.48. The van der Waals surface area contributed by atoms with Gasteiger partial charge >= 0.3 is 0 Å². The van der Waals surface area contributed by atoms with E-state index in [0.29, 0.717) is 31.0 Å². The van der Waals surface area contributed by atoms with E-state index in [4.69, 9.17) is 0 Å². The predicted octanol–water partition coefficient (Wildman–Crippen LogP) is 2.14. The number of piperidine rings is 1. The highest BCUT2D eigenvalue weighted by Crippen LogP contribution is 2.33. The van der Waals surface area contributed by atoms with Gasteiger partial charge in [-0.15, -0.1) is 0 Å². The van der Waals surface area contributed by atoms with Crippen LogP contribution >= 0.6 is 0 Å². The number of hydrogen-bond acceptors (Lipinski definition) is 5. The largest absolute Gasteiger partial charge is 0.384 e. The SMILES string of the molecule is O=C1CCC(N2Cc3cccc(CNCCC4CNc5ccccc54)c3C2=O)C(=O)N1. The molecule has 1 fully saturated rings. The van der Waals surface area contributed by atoms with Crippen LogP contribution in [0.15, 0.2) is 42.5 Å². The van der Waals surface area contributed by atoms with E-state index in [1.54, 1.807) is 4.90 Å². The van der Waals surface area contributed by atoms with Crippen molar-refractivity contribution in [2.75, 3.05) is 18.4 Å². The van der Waals surface area contributed by atoms with E-state index in [1.807, 2.05) is 18.2 Å². The van der Waals surface area contributed by atoms with Gasteiger partial charge in [0.25, 0.3) is 5.91 Å². The standard InChI is InChI=1S/C24H26N4O3/c29-21-9-8-20(23(30)27-21)28-14-17-5-3-4-16(22(17)24(28)31)12-25-11-10-15-13-26-19-7-2-1-6-18(15)19/h1-7,15,20,25-26H,8-14H2,(H,27,29,30). The first-order valence-electron chi connectivity index (χ1n) is 10.9. The van der Waals surface area contributed by atoms with Crippen LogP contribution in [-0.4, -0.2) is 41.8 Å². The number of amides is 3. The second kappa shape index (κ2) is 8.15. The topological polar surface area (TPSA) is 90.5 Å². The van der Waals surface area contributed by atoms with Gasteiger partial charge < -0.3 is 15.5 Å². The van der Waals surface area contributed by atoms with E-state index in [-0.39, 0.29) is 24.1 Å². The Bertz CT molecular complexity index is 1050. The maximum Gasteiger partial charge on any atom is 0.255 e. The lowest BCUT2D eigenvalue weighted by atomic mass is 9.98. The molecule has 3 N–H and O–H groups in total. The fourth-order valence-corrected chi connectivity index (χ4v) is 4.95. The summed E-state index contributed by atoms with van der Waals surface area (Å²) in [5.74, 6) is -0.261. The highest BCUT2D eigenvalue weighted by molar-refractivity contribution is 6.06. The Hall–Kier alpha value is -3.19. The summed E-state index contributed by atoms with van der Waals surface area (Å²) in [7, 11) is 0. The normalized spacial score (nSPS) is 22.2. The first kappa shape index (κ1) is 19.8. The third kappa shape index (κ3) is 3.70. The van der Waals surface area contributed by atoms with Gasteiger partial charge in [0, 0.05) is 43.2 Å². The third-order valence-corrected chi connectivity index (χ3v) is 6.56. The molecule has 3 aliphatic heterocycles. The van der Waals surface area contributed by atoms with Crippen LogP contribution in [0.3, 0.4) is 0 Å². The molecule has 0 bridgehead atoms. The zero-order valence-corrected chi connectivity index (χ0v) is 17.3. The van der Waals surface area contributed by atoms with E-state index >= 15 is 0 Å². The van der Waals surface area contributed by atoms with Crippen LogP contribution in [-0.2, 0) is 22.7 Å². The van der Waals surface area contributed by atoms with Gasteiger partial charge in [0.05, 0.1) is 0 Å².